The molecular weight excluding hydrogens is 606 g/mol. The summed E-state index contributed by atoms with van der Waals surface area (Å²) in [5.74, 6) is -1.80. The Morgan fingerprint density at radius 3 is 1.81 bits per heavy atom. The van der Waals surface area contributed by atoms with Gasteiger partial charge < -0.3 is 25.0 Å². The maximum Gasteiger partial charge on any atom is 0.408 e. The van der Waals surface area contributed by atoms with Gasteiger partial charge in [0.1, 0.15) is 29.3 Å². The molecule has 0 spiro atoms. The molecule has 4 atom stereocenters. The zero-order valence-electron chi connectivity index (χ0n) is 31.4. The van der Waals surface area contributed by atoms with Crippen LogP contribution in [0, 0.1) is 19.8 Å². The average Bonchev–Trinajstić information content (AvgIpc) is 2.95. The normalized spacial score (nSPS) is 14.6. The van der Waals surface area contributed by atoms with Gasteiger partial charge in [-0.05, 0) is 92.7 Å². The molecule has 0 aliphatic carbocycles. The molecule has 9 nitrogen and oxygen atoms in total. The second-order valence-electron chi connectivity index (χ2n) is 15.5. The van der Waals surface area contributed by atoms with E-state index in [1.165, 1.54) is 0 Å². The topological polar surface area (TPSA) is 114 Å². The lowest BCUT2D eigenvalue weighted by molar-refractivity contribution is -0.159. The van der Waals surface area contributed by atoms with Gasteiger partial charge in [-0.25, -0.2) is 9.59 Å². The average molecular weight is 666 g/mol. The van der Waals surface area contributed by atoms with Gasteiger partial charge in [0.25, 0.3) is 0 Å². The fourth-order valence-electron chi connectivity index (χ4n) is 5.46. The molecule has 2 aromatic carbocycles. The van der Waals surface area contributed by atoms with E-state index in [0.717, 1.165) is 16.7 Å². The van der Waals surface area contributed by atoms with Crippen LogP contribution in [0.3, 0.4) is 0 Å². The van der Waals surface area contributed by atoms with Crippen molar-refractivity contribution in [2.24, 2.45) is 5.92 Å². The minimum atomic E-state index is -1.14. The lowest BCUT2D eigenvalue weighted by Crippen LogP contribution is -2.61. The highest BCUT2D eigenvalue weighted by Crippen LogP contribution is 2.34. The third kappa shape index (κ3) is 12.0. The minimum Gasteiger partial charge on any atom is -0.458 e. The predicted octanol–water partition coefficient (Wildman–Crippen LogP) is 7.37. The third-order valence-corrected chi connectivity index (χ3v) is 8.26. The van der Waals surface area contributed by atoms with Crippen molar-refractivity contribution in [1.82, 2.24) is 15.5 Å². The number of amides is 3. The molecule has 0 radical (unpaired) electrons. The summed E-state index contributed by atoms with van der Waals surface area (Å²) in [6.45, 7) is 24.1. The van der Waals surface area contributed by atoms with Gasteiger partial charge in [0.05, 0.1) is 0 Å². The van der Waals surface area contributed by atoms with Crippen LogP contribution in [0.15, 0.2) is 48.5 Å². The van der Waals surface area contributed by atoms with Gasteiger partial charge in [-0.3, -0.25) is 9.59 Å². The Morgan fingerprint density at radius 2 is 1.33 bits per heavy atom. The van der Waals surface area contributed by atoms with Gasteiger partial charge >= 0.3 is 12.1 Å². The van der Waals surface area contributed by atoms with Crippen LogP contribution in [0.5, 0.6) is 0 Å². The van der Waals surface area contributed by atoms with Crippen LogP contribution in [0.25, 0.3) is 0 Å². The highest BCUT2D eigenvalue weighted by atomic mass is 16.6. The van der Waals surface area contributed by atoms with E-state index in [1.807, 2.05) is 97.0 Å². The van der Waals surface area contributed by atoms with E-state index >= 15 is 0 Å². The van der Waals surface area contributed by atoms with Crippen molar-refractivity contribution in [2.45, 2.75) is 144 Å². The summed E-state index contributed by atoms with van der Waals surface area (Å²) in [4.78, 5) is 58.0. The standard InChI is InChI=1S/C39H59N3O6/c1-14-27(5)31(41-36(46)48-38(9,10)11)34(44)42(39(12,13)15-2)32(29-22-25(3)21-26(4)23-29)33(43)40-30(35(45)47-37(6,7)8)24-28-19-17-16-18-20-28/h16-23,27,30-32H,14-15,24H2,1-13H3,(H,40,43)(H,41,46). The van der Waals surface area contributed by atoms with Crippen LogP contribution in [0.4, 0.5) is 4.79 Å². The lowest BCUT2D eigenvalue weighted by Gasteiger charge is -2.45. The van der Waals surface area contributed by atoms with Crippen molar-refractivity contribution in [2.75, 3.05) is 0 Å². The molecule has 0 aliphatic heterocycles. The molecule has 0 aliphatic rings. The Morgan fingerprint density at radius 1 is 0.792 bits per heavy atom. The largest absolute Gasteiger partial charge is 0.458 e. The smallest absolute Gasteiger partial charge is 0.408 e. The van der Waals surface area contributed by atoms with E-state index in [1.54, 1.807) is 46.4 Å². The molecule has 0 heterocycles. The van der Waals surface area contributed by atoms with E-state index < -0.39 is 58.7 Å². The van der Waals surface area contributed by atoms with E-state index in [-0.39, 0.29) is 12.3 Å². The zero-order chi connectivity index (χ0) is 36.6. The molecule has 2 rings (SSSR count). The number of alkyl carbamates (subject to hydrolysis) is 1. The number of benzene rings is 2. The fourth-order valence-corrected chi connectivity index (χ4v) is 5.46. The van der Waals surface area contributed by atoms with Crippen molar-refractivity contribution in [3.8, 4) is 0 Å². The van der Waals surface area contributed by atoms with Crippen LogP contribution < -0.4 is 10.6 Å². The van der Waals surface area contributed by atoms with Gasteiger partial charge in [-0.1, -0.05) is 86.8 Å². The van der Waals surface area contributed by atoms with Gasteiger partial charge in [0.15, 0.2) is 0 Å². The van der Waals surface area contributed by atoms with Crippen molar-refractivity contribution < 1.29 is 28.7 Å². The number of ether oxygens (including phenoxy) is 2. The van der Waals surface area contributed by atoms with Crippen LogP contribution in [-0.2, 0) is 30.3 Å². The Hall–Kier alpha value is -3.88. The van der Waals surface area contributed by atoms with Gasteiger partial charge in [0.2, 0.25) is 11.8 Å². The Kier molecular flexibility index (Phi) is 13.8. The van der Waals surface area contributed by atoms with Crippen molar-refractivity contribution >= 4 is 23.9 Å². The first kappa shape index (κ1) is 40.3. The molecule has 9 heteroatoms. The summed E-state index contributed by atoms with van der Waals surface area (Å²) in [6.07, 6.45) is 0.578. The second-order valence-corrected chi connectivity index (χ2v) is 15.5. The maximum absolute atomic E-state index is 14.9. The second kappa shape index (κ2) is 16.5. The molecule has 0 saturated carbocycles. The summed E-state index contributed by atoms with van der Waals surface area (Å²) in [5, 5.41) is 5.82. The molecule has 2 aromatic rings. The number of carbonyl (C=O) groups is 4. The monoisotopic (exact) mass is 665 g/mol. The molecule has 266 valence electrons. The van der Waals surface area contributed by atoms with Crippen LogP contribution in [0.1, 0.15) is 117 Å². The Balaban J connectivity index is 2.77. The SMILES string of the molecule is CCC(C)C(NC(=O)OC(C)(C)C)C(=O)N(C(C(=O)NC(Cc1ccccc1)C(=O)OC(C)(C)C)c1cc(C)cc(C)c1)C(C)(C)CC. The number of nitrogens with one attached hydrogen (secondary N) is 2. The molecule has 4 unspecified atom stereocenters. The molecular formula is C39H59N3O6. The highest BCUT2D eigenvalue weighted by molar-refractivity contribution is 5.94. The molecule has 0 bridgehead atoms. The minimum absolute atomic E-state index is 0.196. The first-order chi connectivity index (χ1) is 22.1. The third-order valence-electron chi connectivity index (χ3n) is 8.26. The summed E-state index contributed by atoms with van der Waals surface area (Å²) >= 11 is 0. The Bertz CT molecular complexity index is 1390. The number of carbonyl (C=O) groups excluding carboxylic acids is 4. The van der Waals surface area contributed by atoms with Gasteiger partial charge in [0, 0.05) is 12.0 Å². The maximum atomic E-state index is 14.9. The zero-order valence-corrected chi connectivity index (χ0v) is 31.4. The summed E-state index contributed by atoms with van der Waals surface area (Å²) < 4.78 is 11.3. The number of aryl methyl sites for hydroxylation is 2. The number of hydrogen-bond acceptors (Lipinski definition) is 6. The van der Waals surface area contributed by atoms with E-state index in [9.17, 15) is 19.2 Å². The number of rotatable bonds is 13. The number of nitrogens with zero attached hydrogens (tertiary/aromatic N) is 1. The lowest BCUT2D eigenvalue weighted by atomic mass is 9.88. The molecule has 2 N–H and O–H groups in total. The van der Waals surface area contributed by atoms with Crippen molar-refractivity contribution in [3.05, 3.63) is 70.8 Å². The van der Waals surface area contributed by atoms with E-state index in [0.29, 0.717) is 18.4 Å². The fraction of sp³-hybridized carbons (Fsp3) is 0.590. The Labute approximate surface area is 288 Å². The highest BCUT2D eigenvalue weighted by Gasteiger charge is 2.45. The quantitative estimate of drug-likeness (QED) is 0.216. The predicted molar refractivity (Wildman–Crippen MR) is 190 cm³/mol. The van der Waals surface area contributed by atoms with Crippen molar-refractivity contribution in [1.29, 1.82) is 0 Å². The molecule has 0 saturated heterocycles. The van der Waals surface area contributed by atoms with Gasteiger partial charge in [-0.15, -0.1) is 0 Å². The summed E-state index contributed by atoms with van der Waals surface area (Å²) in [6, 6.07) is 12.0. The number of hydrogen-bond donors (Lipinski definition) is 2. The molecule has 0 fully saturated rings. The molecule has 3 amide bonds. The first-order valence-electron chi connectivity index (χ1n) is 17.1. The summed E-state index contributed by atoms with van der Waals surface area (Å²) in [7, 11) is 0. The van der Waals surface area contributed by atoms with Gasteiger partial charge in [-0.2, -0.15) is 0 Å². The first-order valence-corrected chi connectivity index (χ1v) is 17.1. The van der Waals surface area contributed by atoms with E-state index in [4.69, 9.17) is 9.47 Å². The van der Waals surface area contributed by atoms with Crippen LogP contribution >= 0.6 is 0 Å². The summed E-state index contributed by atoms with van der Waals surface area (Å²) in [5.41, 5.74) is 0.878. The molecule has 0 aromatic heterocycles. The molecule has 48 heavy (non-hydrogen) atoms. The van der Waals surface area contributed by atoms with Crippen LogP contribution in [0.2, 0.25) is 0 Å². The number of esters is 1. The van der Waals surface area contributed by atoms with Crippen LogP contribution in [-0.4, -0.2) is 57.6 Å². The van der Waals surface area contributed by atoms with E-state index in [2.05, 4.69) is 10.6 Å². The van der Waals surface area contributed by atoms with Crippen molar-refractivity contribution in [3.63, 3.8) is 0 Å².